The number of allylic oxidation sites excluding steroid dienone is 3. The predicted molar refractivity (Wildman–Crippen MR) is 105 cm³/mol. The molecule has 3 heterocycles. The number of Topliss-reactive ketones (excluding diaryl/α,β-unsaturated/α-hetero) is 1. The first-order valence-electron chi connectivity index (χ1n) is 9.25. The van der Waals surface area contributed by atoms with Crippen LogP contribution in [0.15, 0.2) is 76.4 Å². The molecule has 1 unspecified atom stereocenters. The van der Waals surface area contributed by atoms with E-state index in [1.54, 1.807) is 12.4 Å². The maximum Gasteiger partial charge on any atom is 0.161 e. The van der Waals surface area contributed by atoms with Gasteiger partial charge in [-0.1, -0.05) is 18.2 Å². The first kappa shape index (κ1) is 16.5. The van der Waals surface area contributed by atoms with E-state index in [1.165, 1.54) is 0 Å². The number of hydrogen-bond donors (Lipinski definition) is 1. The molecule has 2 aromatic rings. The third kappa shape index (κ3) is 2.23. The summed E-state index contributed by atoms with van der Waals surface area (Å²) in [4.78, 5) is 23.8. The third-order valence-electron chi connectivity index (χ3n) is 5.51. The van der Waals surface area contributed by atoms with E-state index in [2.05, 4.69) is 16.0 Å². The quantitative estimate of drug-likeness (QED) is 0.835. The number of rotatable bonds is 1. The van der Waals surface area contributed by atoms with Crippen LogP contribution in [0.3, 0.4) is 0 Å². The van der Waals surface area contributed by atoms with Gasteiger partial charge < -0.3 is 5.73 Å². The number of para-hydroxylation sites is 1. The lowest BCUT2D eigenvalue weighted by molar-refractivity contribution is -0.116. The van der Waals surface area contributed by atoms with Crippen molar-refractivity contribution >= 4 is 17.3 Å². The van der Waals surface area contributed by atoms with Gasteiger partial charge >= 0.3 is 0 Å². The van der Waals surface area contributed by atoms with Crippen molar-refractivity contribution in [3.63, 3.8) is 0 Å². The topological polar surface area (TPSA) is 95.4 Å². The van der Waals surface area contributed by atoms with Crippen LogP contribution < -0.4 is 10.6 Å². The van der Waals surface area contributed by atoms with Gasteiger partial charge in [-0.15, -0.1) is 0 Å². The van der Waals surface area contributed by atoms with Crippen molar-refractivity contribution in [3.8, 4) is 6.07 Å². The third-order valence-corrected chi connectivity index (χ3v) is 5.51. The molecule has 0 saturated carbocycles. The number of carbonyl (C=O) groups excluding carboxylic acids is 1. The predicted octanol–water partition coefficient (Wildman–Crippen LogP) is 3.15. The Morgan fingerprint density at radius 2 is 2.04 bits per heavy atom. The average Bonchev–Trinajstić information content (AvgIpc) is 2.73. The molecule has 0 bridgehead atoms. The maximum atomic E-state index is 13.0. The Hall–Kier alpha value is -3.72. The monoisotopic (exact) mass is 367 g/mol. The smallest absolute Gasteiger partial charge is 0.161 e. The van der Waals surface area contributed by atoms with E-state index >= 15 is 0 Å². The van der Waals surface area contributed by atoms with Crippen LogP contribution in [0.1, 0.15) is 36.3 Å². The van der Waals surface area contributed by atoms with E-state index in [0.29, 0.717) is 29.2 Å². The van der Waals surface area contributed by atoms with Gasteiger partial charge in [0.05, 0.1) is 23.2 Å². The second-order valence-electron chi connectivity index (χ2n) is 7.06. The number of carbonyl (C=O) groups is 1. The Morgan fingerprint density at radius 1 is 1.18 bits per heavy atom. The number of amidine groups is 1. The fourth-order valence-electron chi connectivity index (χ4n) is 4.35. The summed E-state index contributed by atoms with van der Waals surface area (Å²) >= 11 is 0. The van der Waals surface area contributed by atoms with Gasteiger partial charge in [-0.3, -0.25) is 14.7 Å². The average molecular weight is 367 g/mol. The molecule has 1 aromatic carbocycles. The van der Waals surface area contributed by atoms with E-state index in [1.807, 2.05) is 41.3 Å². The highest BCUT2D eigenvalue weighted by Gasteiger charge is 2.42. The number of anilines is 1. The molecule has 6 nitrogen and oxygen atoms in total. The van der Waals surface area contributed by atoms with E-state index < -0.39 is 5.92 Å². The number of pyridine rings is 1. The Morgan fingerprint density at radius 3 is 2.82 bits per heavy atom. The minimum absolute atomic E-state index is 0.0851. The number of aromatic nitrogens is 1. The van der Waals surface area contributed by atoms with E-state index in [-0.39, 0.29) is 5.78 Å². The standard InChI is InChI=1S/C22H17N5O/c23-11-15-19(13-5-4-10-25-12-13)20-17(8-3-9-18(20)28)27-16-7-2-1-6-14(16)21(24)26-22(15)27/h1-2,4-7,10,12,19H,3,8-9H2,(H2,24,26). The Labute approximate surface area is 162 Å². The Kier molecular flexibility index (Phi) is 3.63. The van der Waals surface area contributed by atoms with Crippen molar-refractivity contribution in [2.75, 3.05) is 4.90 Å². The van der Waals surface area contributed by atoms with Gasteiger partial charge in [0, 0.05) is 35.6 Å². The van der Waals surface area contributed by atoms with Crippen molar-refractivity contribution in [1.29, 1.82) is 5.26 Å². The molecule has 1 aliphatic carbocycles. The lowest BCUT2D eigenvalue weighted by Gasteiger charge is -2.41. The minimum atomic E-state index is -0.463. The van der Waals surface area contributed by atoms with Gasteiger partial charge in [0.15, 0.2) is 11.6 Å². The largest absolute Gasteiger partial charge is 0.383 e. The van der Waals surface area contributed by atoms with E-state index in [4.69, 9.17) is 5.73 Å². The van der Waals surface area contributed by atoms with Crippen molar-refractivity contribution < 1.29 is 4.79 Å². The van der Waals surface area contributed by atoms with Gasteiger partial charge in [-0.2, -0.15) is 5.26 Å². The molecule has 0 saturated heterocycles. The van der Waals surface area contributed by atoms with E-state index in [9.17, 15) is 10.1 Å². The molecule has 28 heavy (non-hydrogen) atoms. The van der Waals surface area contributed by atoms with Crippen LogP contribution in [0, 0.1) is 11.3 Å². The molecular weight excluding hydrogens is 350 g/mol. The number of nitriles is 1. The number of fused-ring (bicyclic) bond motifs is 4. The zero-order chi connectivity index (χ0) is 19.3. The van der Waals surface area contributed by atoms with Crippen LogP contribution in [0.25, 0.3) is 0 Å². The molecular formula is C22H17N5O. The summed E-state index contributed by atoms with van der Waals surface area (Å²) in [6.07, 6.45) is 5.43. The van der Waals surface area contributed by atoms with Crippen LogP contribution in [-0.2, 0) is 4.79 Å². The lowest BCUT2D eigenvalue weighted by Crippen LogP contribution is -2.39. The SMILES string of the molecule is N#CC1=C2N=C(N)c3ccccc3N2C2=C(C(=O)CCC2)C1c1cccnc1. The highest BCUT2D eigenvalue weighted by Crippen LogP contribution is 2.49. The van der Waals surface area contributed by atoms with Crippen molar-refractivity contribution in [1.82, 2.24) is 4.98 Å². The Balaban J connectivity index is 1.85. The molecule has 0 spiro atoms. The highest BCUT2D eigenvalue weighted by molar-refractivity contribution is 6.08. The van der Waals surface area contributed by atoms with Gasteiger partial charge in [0.1, 0.15) is 5.84 Å². The fourth-order valence-corrected chi connectivity index (χ4v) is 4.35. The summed E-state index contributed by atoms with van der Waals surface area (Å²) in [5.74, 6) is 0.517. The van der Waals surface area contributed by atoms with Gasteiger partial charge in [-0.25, -0.2) is 4.99 Å². The van der Waals surface area contributed by atoms with Crippen molar-refractivity contribution in [2.24, 2.45) is 10.7 Å². The fraction of sp³-hybridized carbons (Fsp3) is 0.182. The van der Waals surface area contributed by atoms with Crippen molar-refractivity contribution in [3.05, 3.63) is 82.6 Å². The second-order valence-corrected chi connectivity index (χ2v) is 7.06. The highest BCUT2D eigenvalue weighted by atomic mass is 16.1. The normalized spacial score (nSPS) is 20.8. The molecule has 0 fully saturated rings. The van der Waals surface area contributed by atoms with Crippen LogP contribution in [-0.4, -0.2) is 16.6 Å². The molecule has 5 rings (SSSR count). The molecule has 2 N–H and O–H groups in total. The molecule has 136 valence electrons. The van der Waals surface area contributed by atoms with Gasteiger partial charge in [0.2, 0.25) is 0 Å². The minimum Gasteiger partial charge on any atom is -0.383 e. The molecule has 1 aromatic heterocycles. The summed E-state index contributed by atoms with van der Waals surface area (Å²) in [6.45, 7) is 0. The lowest BCUT2D eigenvalue weighted by atomic mass is 9.75. The summed E-state index contributed by atoms with van der Waals surface area (Å²) in [6, 6.07) is 13.8. The number of nitrogens with two attached hydrogens (primary N) is 1. The van der Waals surface area contributed by atoms with Gasteiger partial charge in [0.25, 0.3) is 0 Å². The summed E-state index contributed by atoms with van der Waals surface area (Å²) in [5, 5.41) is 10.1. The molecule has 3 aliphatic rings. The molecule has 0 amide bonds. The van der Waals surface area contributed by atoms with Crippen LogP contribution in [0.5, 0.6) is 0 Å². The zero-order valence-corrected chi connectivity index (χ0v) is 15.1. The zero-order valence-electron chi connectivity index (χ0n) is 15.1. The Bertz CT molecular complexity index is 1140. The van der Waals surface area contributed by atoms with Crippen LogP contribution in [0.2, 0.25) is 0 Å². The summed E-state index contributed by atoms with van der Waals surface area (Å²) < 4.78 is 0. The van der Waals surface area contributed by atoms with Crippen LogP contribution in [0.4, 0.5) is 5.69 Å². The number of aliphatic imine (C=N–C) groups is 1. The second kappa shape index (κ2) is 6.17. The molecule has 1 atom stereocenters. The number of hydrogen-bond acceptors (Lipinski definition) is 6. The van der Waals surface area contributed by atoms with E-state index in [0.717, 1.165) is 35.4 Å². The molecule has 6 heteroatoms. The van der Waals surface area contributed by atoms with Crippen molar-refractivity contribution in [2.45, 2.75) is 25.2 Å². The summed E-state index contributed by atoms with van der Waals surface area (Å²) in [7, 11) is 0. The first-order valence-corrected chi connectivity index (χ1v) is 9.25. The van der Waals surface area contributed by atoms with Gasteiger partial charge in [-0.05, 0) is 36.6 Å². The van der Waals surface area contributed by atoms with Crippen LogP contribution >= 0.6 is 0 Å². The molecule has 2 aliphatic heterocycles. The first-order chi connectivity index (χ1) is 13.7. The molecule has 0 radical (unpaired) electrons. The number of ketones is 1. The summed E-state index contributed by atoms with van der Waals surface area (Å²) in [5.41, 5.74) is 10.8. The number of nitrogens with zero attached hydrogens (tertiary/aromatic N) is 4. The number of benzene rings is 1. The maximum absolute atomic E-state index is 13.0.